The maximum absolute atomic E-state index is 6.80. The number of benzene rings is 7. The van der Waals surface area contributed by atoms with Gasteiger partial charge < -0.3 is 8.98 Å². The summed E-state index contributed by atoms with van der Waals surface area (Å²) in [5.74, 6) is 0. The molecular formula is C42H27NO. The van der Waals surface area contributed by atoms with Gasteiger partial charge >= 0.3 is 0 Å². The van der Waals surface area contributed by atoms with E-state index in [1.165, 1.54) is 49.1 Å². The van der Waals surface area contributed by atoms with Gasteiger partial charge in [0.2, 0.25) is 0 Å². The second kappa shape index (κ2) is 9.86. The van der Waals surface area contributed by atoms with E-state index in [4.69, 9.17) is 4.42 Å². The number of para-hydroxylation sites is 3. The zero-order valence-electron chi connectivity index (χ0n) is 23.9. The molecule has 0 spiro atoms. The molecule has 0 unspecified atom stereocenters. The van der Waals surface area contributed by atoms with Crippen molar-refractivity contribution >= 4 is 65.3 Å². The summed E-state index contributed by atoms with van der Waals surface area (Å²) in [6.45, 7) is 0. The predicted octanol–water partition coefficient (Wildman–Crippen LogP) is 11.8. The van der Waals surface area contributed by atoms with Crippen LogP contribution in [0.1, 0.15) is 0 Å². The largest absolute Gasteiger partial charge is 0.456 e. The fourth-order valence-corrected chi connectivity index (χ4v) is 6.87. The molecule has 206 valence electrons. The molecular weight excluding hydrogens is 534 g/mol. The molecule has 0 bridgehead atoms. The molecule has 0 aliphatic heterocycles. The van der Waals surface area contributed by atoms with Crippen LogP contribution < -0.4 is 0 Å². The van der Waals surface area contributed by atoms with Gasteiger partial charge in [0.05, 0.1) is 11.0 Å². The van der Waals surface area contributed by atoms with Crippen LogP contribution in [0.2, 0.25) is 0 Å². The van der Waals surface area contributed by atoms with E-state index in [9.17, 15) is 0 Å². The van der Waals surface area contributed by atoms with Crippen molar-refractivity contribution in [2.24, 2.45) is 0 Å². The zero-order valence-corrected chi connectivity index (χ0v) is 23.9. The van der Waals surface area contributed by atoms with Gasteiger partial charge in [-0.1, -0.05) is 133 Å². The predicted molar refractivity (Wildman–Crippen MR) is 186 cm³/mol. The molecule has 9 rings (SSSR count). The molecule has 44 heavy (non-hydrogen) atoms. The molecule has 0 aliphatic rings. The molecule has 0 radical (unpaired) electrons. The van der Waals surface area contributed by atoms with Crippen molar-refractivity contribution in [3.8, 4) is 16.8 Å². The monoisotopic (exact) mass is 561 g/mol. The number of hydrogen-bond donors (Lipinski definition) is 0. The molecule has 2 aromatic heterocycles. The summed E-state index contributed by atoms with van der Waals surface area (Å²) in [5, 5.41) is 9.31. The minimum Gasteiger partial charge on any atom is -0.456 e. The Morgan fingerprint density at radius 2 is 0.864 bits per heavy atom. The van der Waals surface area contributed by atoms with Gasteiger partial charge in [0.25, 0.3) is 0 Å². The fourth-order valence-electron chi connectivity index (χ4n) is 6.87. The normalized spacial score (nSPS) is 11.6. The number of rotatable bonds is 2. The van der Waals surface area contributed by atoms with Crippen molar-refractivity contribution in [2.75, 3.05) is 0 Å². The molecule has 0 saturated carbocycles. The fraction of sp³-hybridized carbons (Fsp3) is 0. The first kappa shape index (κ1) is 24.7. The highest BCUT2D eigenvalue weighted by atomic mass is 16.3. The van der Waals surface area contributed by atoms with E-state index in [2.05, 4.69) is 162 Å². The molecule has 7 aromatic carbocycles. The summed E-state index contributed by atoms with van der Waals surface area (Å²) >= 11 is 0. The zero-order chi connectivity index (χ0) is 29.0. The SMILES string of the molecule is c1ccc(-c2ccc(-n3c4ccccc4c4ccc5c6ccccc6c6ccccc6oc6ccccc6c5c43)cc2)cc1. The molecule has 9 aromatic rings. The minimum atomic E-state index is 0.845. The Kier molecular flexibility index (Phi) is 5.54. The average Bonchev–Trinajstić information content (AvgIpc) is 3.45. The maximum Gasteiger partial charge on any atom is 0.135 e. The topological polar surface area (TPSA) is 18.1 Å². The Morgan fingerprint density at radius 1 is 0.341 bits per heavy atom. The van der Waals surface area contributed by atoms with Crippen molar-refractivity contribution in [3.63, 3.8) is 0 Å². The number of fused-ring (bicyclic) bond motifs is 11. The Bertz CT molecular complexity index is 2590. The molecule has 0 aliphatic carbocycles. The van der Waals surface area contributed by atoms with Crippen molar-refractivity contribution in [2.45, 2.75) is 0 Å². The Labute approximate surface area is 254 Å². The van der Waals surface area contributed by atoms with Crippen LogP contribution in [0.25, 0.3) is 82.1 Å². The number of nitrogens with zero attached hydrogens (tertiary/aromatic N) is 1. The van der Waals surface area contributed by atoms with E-state index in [1.807, 2.05) is 6.07 Å². The number of aromatic nitrogens is 1. The highest BCUT2D eigenvalue weighted by Gasteiger charge is 2.17. The maximum atomic E-state index is 6.80. The third-order valence-corrected chi connectivity index (χ3v) is 8.84. The van der Waals surface area contributed by atoms with Crippen LogP contribution in [0, 0.1) is 0 Å². The van der Waals surface area contributed by atoms with Crippen LogP contribution in [0.15, 0.2) is 168 Å². The Hall–Kier alpha value is -5.86. The Morgan fingerprint density at radius 3 is 1.61 bits per heavy atom. The molecule has 2 nitrogen and oxygen atoms in total. The summed E-state index contributed by atoms with van der Waals surface area (Å²) in [6, 6.07) is 58.4. The first-order valence-electron chi connectivity index (χ1n) is 15.0. The van der Waals surface area contributed by atoms with E-state index < -0.39 is 0 Å². The standard InChI is InChI=1S/C42H27NO/c1-2-12-28(13-3-1)29-22-24-30(25-23-29)43-38-19-9-6-16-33(38)36-27-26-35-32-15-5-4-14-31(32)34-17-7-10-20-39(34)44-40-21-11-8-18-37(40)41(35)42(36)43/h1-27H. The van der Waals surface area contributed by atoms with E-state index in [0.717, 1.165) is 33.0 Å². The average molecular weight is 562 g/mol. The first-order valence-corrected chi connectivity index (χ1v) is 15.0. The third-order valence-electron chi connectivity index (χ3n) is 8.84. The summed E-state index contributed by atoms with van der Waals surface area (Å²) in [6.07, 6.45) is 0. The van der Waals surface area contributed by atoms with Crippen LogP contribution in [-0.4, -0.2) is 4.57 Å². The quantitative estimate of drug-likeness (QED) is 0.205. The summed E-state index contributed by atoms with van der Waals surface area (Å²) in [7, 11) is 0. The van der Waals surface area contributed by atoms with Gasteiger partial charge in [0, 0.05) is 32.6 Å². The molecule has 0 atom stereocenters. The third kappa shape index (κ3) is 3.75. The highest BCUT2D eigenvalue weighted by molar-refractivity contribution is 6.29. The molecule has 0 fully saturated rings. The van der Waals surface area contributed by atoms with Crippen LogP contribution in [0.5, 0.6) is 0 Å². The second-order valence-electron chi connectivity index (χ2n) is 11.3. The van der Waals surface area contributed by atoms with Gasteiger partial charge in [-0.25, -0.2) is 0 Å². The molecule has 0 saturated heterocycles. The summed E-state index contributed by atoms with van der Waals surface area (Å²) < 4.78 is 9.23. The lowest BCUT2D eigenvalue weighted by molar-refractivity contribution is 0.663. The van der Waals surface area contributed by atoms with Crippen LogP contribution >= 0.6 is 0 Å². The Balaban J connectivity index is 1.53. The first-order chi connectivity index (χ1) is 21.8. The van der Waals surface area contributed by atoms with Crippen molar-refractivity contribution < 1.29 is 4.42 Å². The van der Waals surface area contributed by atoms with Gasteiger partial charge in [0.15, 0.2) is 0 Å². The highest BCUT2D eigenvalue weighted by Crippen LogP contribution is 2.41. The van der Waals surface area contributed by atoms with Gasteiger partial charge in [-0.2, -0.15) is 0 Å². The summed E-state index contributed by atoms with van der Waals surface area (Å²) in [5.41, 5.74) is 7.59. The van der Waals surface area contributed by atoms with Gasteiger partial charge in [-0.15, -0.1) is 0 Å². The van der Waals surface area contributed by atoms with E-state index >= 15 is 0 Å². The van der Waals surface area contributed by atoms with Crippen LogP contribution in [0.3, 0.4) is 0 Å². The van der Waals surface area contributed by atoms with E-state index in [-0.39, 0.29) is 0 Å². The minimum absolute atomic E-state index is 0.845. The molecule has 0 amide bonds. The smallest absolute Gasteiger partial charge is 0.135 e. The van der Waals surface area contributed by atoms with Crippen molar-refractivity contribution in [1.82, 2.24) is 4.57 Å². The molecule has 2 heteroatoms. The number of hydrogen-bond acceptors (Lipinski definition) is 1. The van der Waals surface area contributed by atoms with Crippen LogP contribution in [-0.2, 0) is 0 Å². The second-order valence-corrected chi connectivity index (χ2v) is 11.3. The van der Waals surface area contributed by atoms with Crippen LogP contribution in [0.4, 0.5) is 0 Å². The van der Waals surface area contributed by atoms with Crippen molar-refractivity contribution in [1.29, 1.82) is 0 Å². The van der Waals surface area contributed by atoms with Gasteiger partial charge in [-0.05, 0) is 57.6 Å². The van der Waals surface area contributed by atoms with E-state index in [0.29, 0.717) is 0 Å². The molecule has 0 N–H and O–H groups in total. The summed E-state index contributed by atoms with van der Waals surface area (Å²) in [4.78, 5) is 0. The van der Waals surface area contributed by atoms with Crippen molar-refractivity contribution in [3.05, 3.63) is 164 Å². The van der Waals surface area contributed by atoms with Gasteiger partial charge in [0.1, 0.15) is 11.2 Å². The van der Waals surface area contributed by atoms with E-state index in [1.54, 1.807) is 0 Å². The molecule has 2 heterocycles. The lowest BCUT2D eigenvalue weighted by Crippen LogP contribution is -1.94. The lowest BCUT2D eigenvalue weighted by Gasteiger charge is -2.12. The van der Waals surface area contributed by atoms with Gasteiger partial charge in [-0.3, -0.25) is 0 Å². The lowest BCUT2D eigenvalue weighted by atomic mass is 9.99.